The fourth-order valence-corrected chi connectivity index (χ4v) is 2.84. The Bertz CT molecular complexity index is 821. The number of methoxy groups -OCH3 is 1. The van der Waals surface area contributed by atoms with Gasteiger partial charge < -0.3 is 14.2 Å². The number of carbonyl (C=O) groups is 1. The lowest BCUT2D eigenvalue weighted by atomic mass is 10.2. The molecule has 124 valence electrons. The molecule has 0 aliphatic rings. The highest BCUT2D eigenvalue weighted by Crippen LogP contribution is 2.16. The van der Waals surface area contributed by atoms with Crippen LogP contribution in [0.4, 0.5) is 0 Å². The molecular formula is C20H22N2O2. The average Bonchev–Trinajstić information content (AvgIpc) is 3.03. The van der Waals surface area contributed by atoms with Gasteiger partial charge in [-0.2, -0.15) is 0 Å². The molecule has 3 aromatic rings. The Kier molecular flexibility index (Phi) is 4.85. The third-order valence-electron chi connectivity index (χ3n) is 4.25. The van der Waals surface area contributed by atoms with Gasteiger partial charge in [-0.1, -0.05) is 30.3 Å². The van der Waals surface area contributed by atoms with Crippen molar-refractivity contribution in [2.75, 3.05) is 14.2 Å². The third-order valence-corrected chi connectivity index (χ3v) is 4.25. The first-order chi connectivity index (χ1) is 11.7. The van der Waals surface area contributed by atoms with Crippen LogP contribution in [-0.4, -0.2) is 29.5 Å². The second-order valence-corrected chi connectivity index (χ2v) is 5.92. The summed E-state index contributed by atoms with van der Waals surface area (Å²) in [6.45, 7) is 1.30. The van der Waals surface area contributed by atoms with Gasteiger partial charge in [0.25, 0.3) is 0 Å². The van der Waals surface area contributed by atoms with E-state index < -0.39 is 0 Å². The predicted molar refractivity (Wildman–Crippen MR) is 96.0 cm³/mol. The molecule has 0 bridgehead atoms. The molecule has 1 amide bonds. The van der Waals surface area contributed by atoms with Crippen molar-refractivity contribution in [3.8, 4) is 5.75 Å². The average molecular weight is 322 g/mol. The first-order valence-electron chi connectivity index (χ1n) is 8.08. The van der Waals surface area contributed by atoms with E-state index in [1.165, 1.54) is 10.9 Å². The van der Waals surface area contributed by atoms with Crippen molar-refractivity contribution >= 4 is 16.8 Å². The zero-order chi connectivity index (χ0) is 16.9. The van der Waals surface area contributed by atoms with Crippen LogP contribution in [0.5, 0.6) is 5.75 Å². The van der Waals surface area contributed by atoms with Gasteiger partial charge in [0.2, 0.25) is 5.91 Å². The van der Waals surface area contributed by atoms with Crippen LogP contribution in [0.15, 0.2) is 60.8 Å². The van der Waals surface area contributed by atoms with Crippen molar-refractivity contribution in [2.24, 2.45) is 0 Å². The lowest BCUT2D eigenvalue weighted by Crippen LogP contribution is -2.27. The summed E-state index contributed by atoms with van der Waals surface area (Å²) >= 11 is 0. The fraction of sp³-hybridized carbons (Fsp3) is 0.250. The van der Waals surface area contributed by atoms with Crippen LogP contribution in [0.3, 0.4) is 0 Å². The first-order valence-corrected chi connectivity index (χ1v) is 8.08. The third kappa shape index (κ3) is 3.59. The van der Waals surface area contributed by atoms with E-state index >= 15 is 0 Å². The first kappa shape index (κ1) is 16.1. The predicted octanol–water partition coefficient (Wildman–Crippen LogP) is 3.70. The lowest BCUT2D eigenvalue weighted by molar-refractivity contribution is -0.130. The van der Waals surface area contributed by atoms with Gasteiger partial charge in [-0.3, -0.25) is 4.79 Å². The van der Waals surface area contributed by atoms with Crippen LogP contribution in [0.2, 0.25) is 0 Å². The SMILES string of the molecule is COc1ccc(CN(C)C(=O)CCn2ccc3ccccc32)cc1. The maximum atomic E-state index is 12.4. The number of aromatic nitrogens is 1. The minimum atomic E-state index is 0.142. The van der Waals surface area contributed by atoms with E-state index in [0.29, 0.717) is 19.5 Å². The number of fused-ring (bicyclic) bond motifs is 1. The molecule has 2 aromatic carbocycles. The summed E-state index contributed by atoms with van der Waals surface area (Å²) in [6, 6.07) is 18.1. The molecule has 0 radical (unpaired) electrons. The van der Waals surface area contributed by atoms with Gasteiger partial charge in [0, 0.05) is 38.3 Å². The Balaban J connectivity index is 1.57. The maximum Gasteiger partial charge on any atom is 0.224 e. The molecule has 0 saturated heterocycles. The van der Waals surface area contributed by atoms with E-state index in [1.807, 2.05) is 49.6 Å². The zero-order valence-corrected chi connectivity index (χ0v) is 14.1. The standard InChI is InChI=1S/C20H22N2O2/c1-21(15-16-7-9-18(24-2)10-8-16)20(23)12-14-22-13-11-17-5-3-4-6-19(17)22/h3-11,13H,12,14-15H2,1-2H3. The molecule has 0 saturated carbocycles. The Morgan fingerprint density at radius 1 is 1.08 bits per heavy atom. The van der Waals surface area contributed by atoms with E-state index in [1.54, 1.807) is 12.0 Å². The van der Waals surface area contributed by atoms with Gasteiger partial charge in [0.15, 0.2) is 0 Å². The van der Waals surface area contributed by atoms with Crippen LogP contribution in [0.1, 0.15) is 12.0 Å². The highest BCUT2D eigenvalue weighted by molar-refractivity contribution is 5.80. The van der Waals surface area contributed by atoms with Crippen molar-refractivity contribution < 1.29 is 9.53 Å². The summed E-state index contributed by atoms with van der Waals surface area (Å²) < 4.78 is 7.29. The number of carbonyl (C=O) groups excluding carboxylic acids is 1. The minimum Gasteiger partial charge on any atom is -0.497 e. The van der Waals surface area contributed by atoms with E-state index in [4.69, 9.17) is 4.74 Å². The topological polar surface area (TPSA) is 34.5 Å². The van der Waals surface area contributed by atoms with Crippen LogP contribution in [0.25, 0.3) is 10.9 Å². The maximum absolute atomic E-state index is 12.4. The van der Waals surface area contributed by atoms with E-state index in [0.717, 1.165) is 11.3 Å². The number of hydrogen-bond donors (Lipinski definition) is 0. The van der Waals surface area contributed by atoms with Crippen LogP contribution in [-0.2, 0) is 17.9 Å². The quantitative estimate of drug-likeness (QED) is 0.693. The number of benzene rings is 2. The molecule has 4 heteroatoms. The molecule has 0 atom stereocenters. The summed E-state index contributed by atoms with van der Waals surface area (Å²) in [7, 11) is 3.50. The summed E-state index contributed by atoms with van der Waals surface area (Å²) in [5, 5.41) is 1.21. The largest absolute Gasteiger partial charge is 0.497 e. The summed E-state index contributed by atoms with van der Waals surface area (Å²) in [4.78, 5) is 14.2. The molecule has 3 rings (SSSR count). The summed E-state index contributed by atoms with van der Waals surface area (Å²) in [5.41, 5.74) is 2.26. The fourth-order valence-electron chi connectivity index (χ4n) is 2.84. The number of nitrogens with zero attached hydrogens (tertiary/aromatic N) is 2. The minimum absolute atomic E-state index is 0.142. The smallest absolute Gasteiger partial charge is 0.224 e. The van der Waals surface area contributed by atoms with Gasteiger partial charge in [0.1, 0.15) is 5.75 Å². The van der Waals surface area contributed by atoms with Gasteiger partial charge >= 0.3 is 0 Å². The summed E-state index contributed by atoms with van der Waals surface area (Å²) in [6.07, 6.45) is 2.53. The Morgan fingerprint density at radius 3 is 2.58 bits per heavy atom. The number of aryl methyl sites for hydroxylation is 1. The van der Waals surface area contributed by atoms with E-state index in [9.17, 15) is 4.79 Å². The number of rotatable bonds is 6. The van der Waals surface area contributed by atoms with Crippen LogP contribution >= 0.6 is 0 Å². The van der Waals surface area contributed by atoms with Crippen molar-refractivity contribution in [2.45, 2.75) is 19.5 Å². The molecule has 0 spiro atoms. The van der Waals surface area contributed by atoms with Crippen LogP contribution < -0.4 is 4.74 Å². The van der Waals surface area contributed by atoms with Crippen molar-refractivity contribution in [1.82, 2.24) is 9.47 Å². The monoisotopic (exact) mass is 322 g/mol. The molecule has 1 heterocycles. The zero-order valence-electron chi connectivity index (χ0n) is 14.1. The van der Waals surface area contributed by atoms with Gasteiger partial charge in [0.05, 0.1) is 7.11 Å². The molecule has 0 N–H and O–H groups in total. The second-order valence-electron chi connectivity index (χ2n) is 5.92. The lowest BCUT2D eigenvalue weighted by Gasteiger charge is -2.18. The molecule has 24 heavy (non-hydrogen) atoms. The summed E-state index contributed by atoms with van der Waals surface area (Å²) in [5.74, 6) is 0.968. The number of ether oxygens (including phenoxy) is 1. The molecule has 0 unspecified atom stereocenters. The Hall–Kier alpha value is -2.75. The van der Waals surface area contributed by atoms with E-state index in [-0.39, 0.29) is 5.91 Å². The van der Waals surface area contributed by atoms with Gasteiger partial charge in [-0.15, -0.1) is 0 Å². The molecular weight excluding hydrogens is 300 g/mol. The van der Waals surface area contributed by atoms with Crippen molar-refractivity contribution in [3.05, 3.63) is 66.4 Å². The molecule has 4 nitrogen and oxygen atoms in total. The Labute approximate surface area is 142 Å². The Morgan fingerprint density at radius 2 is 1.83 bits per heavy atom. The molecule has 0 fully saturated rings. The molecule has 1 aromatic heterocycles. The molecule has 0 aliphatic carbocycles. The number of hydrogen-bond acceptors (Lipinski definition) is 2. The second kappa shape index (κ2) is 7.21. The molecule has 0 aliphatic heterocycles. The van der Waals surface area contributed by atoms with E-state index in [2.05, 4.69) is 22.8 Å². The van der Waals surface area contributed by atoms with Crippen molar-refractivity contribution in [1.29, 1.82) is 0 Å². The highest BCUT2D eigenvalue weighted by atomic mass is 16.5. The number of amides is 1. The number of para-hydroxylation sites is 1. The van der Waals surface area contributed by atoms with Crippen LogP contribution in [0, 0.1) is 0 Å². The van der Waals surface area contributed by atoms with Gasteiger partial charge in [-0.25, -0.2) is 0 Å². The van der Waals surface area contributed by atoms with Gasteiger partial charge in [-0.05, 0) is 35.2 Å². The highest BCUT2D eigenvalue weighted by Gasteiger charge is 2.10. The normalized spacial score (nSPS) is 10.8. The van der Waals surface area contributed by atoms with Crippen molar-refractivity contribution in [3.63, 3.8) is 0 Å².